The van der Waals surface area contributed by atoms with Gasteiger partial charge in [-0.25, -0.2) is 0 Å². The van der Waals surface area contributed by atoms with E-state index in [0.29, 0.717) is 5.56 Å². The molecule has 0 bridgehead atoms. The van der Waals surface area contributed by atoms with E-state index >= 15 is 0 Å². The molecule has 0 aliphatic carbocycles. The summed E-state index contributed by atoms with van der Waals surface area (Å²) < 4.78 is 5.66. The topological polar surface area (TPSA) is 98.5 Å². The molecule has 6 nitrogen and oxygen atoms in total. The first-order valence-corrected chi connectivity index (χ1v) is 9.54. The molecule has 29 heavy (non-hydrogen) atoms. The first-order chi connectivity index (χ1) is 13.6. The van der Waals surface area contributed by atoms with Crippen LogP contribution in [0.2, 0.25) is 0 Å². The van der Waals surface area contributed by atoms with E-state index in [4.69, 9.17) is 10.5 Å². The van der Waals surface area contributed by atoms with Crippen LogP contribution >= 0.6 is 0 Å². The Balaban J connectivity index is 2.05. The van der Waals surface area contributed by atoms with Gasteiger partial charge in [-0.3, -0.25) is 14.4 Å². The highest BCUT2D eigenvalue weighted by molar-refractivity contribution is 6.06. The van der Waals surface area contributed by atoms with Gasteiger partial charge in [-0.15, -0.1) is 0 Å². The molecule has 1 saturated heterocycles. The molecule has 3 N–H and O–H groups in total. The van der Waals surface area contributed by atoms with Crippen molar-refractivity contribution in [2.24, 2.45) is 11.1 Å². The van der Waals surface area contributed by atoms with Crippen molar-refractivity contribution in [2.45, 2.75) is 44.8 Å². The summed E-state index contributed by atoms with van der Waals surface area (Å²) in [6.45, 7) is 4.89. The quantitative estimate of drug-likeness (QED) is 0.581. The Hall–Kier alpha value is -3.15. The summed E-state index contributed by atoms with van der Waals surface area (Å²) in [5, 5.41) is 2.97. The van der Waals surface area contributed by atoms with E-state index in [1.54, 1.807) is 19.1 Å². The number of rotatable bonds is 6. The van der Waals surface area contributed by atoms with E-state index in [2.05, 4.69) is 5.32 Å². The van der Waals surface area contributed by atoms with Crippen molar-refractivity contribution < 1.29 is 19.1 Å². The molecule has 0 saturated carbocycles. The van der Waals surface area contributed by atoms with Crippen LogP contribution in [0.15, 0.2) is 60.7 Å². The number of amides is 2. The summed E-state index contributed by atoms with van der Waals surface area (Å²) in [4.78, 5) is 37.7. The molecular formula is C23H26N2O4. The number of primary amides is 1. The Morgan fingerprint density at radius 2 is 1.66 bits per heavy atom. The third-order valence-electron chi connectivity index (χ3n) is 5.75. The number of carbonyl (C=O) groups excluding carboxylic acids is 3. The lowest BCUT2D eigenvalue weighted by Gasteiger charge is -2.36. The third-order valence-corrected chi connectivity index (χ3v) is 5.75. The zero-order chi connectivity index (χ0) is 21.3. The van der Waals surface area contributed by atoms with E-state index in [1.807, 2.05) is 55.5 Å². The van der Waals surface area contributed by atoms with Gasteiger partial charge in [0.2, 0.25) is 11.8 Å². The molecule has 1 heterocycles. The number of hydrogen-bond donors (Lipinski definition) is 2. The summed E-state index contributed by atoms with van der Waals surface area (Å²) >= 11 is 0. The zero-order valence-electron chi connectivity index (χ0n) is 16.9. The minimum absolute atomic E-state index is 0.0484. The molecule has 1 fully saturated rings. The van der Waals surface area contributed by atoms with Crippen LogP contribution in [0.1, 0.15) is 44.7 Å². The average molecular weight is 394 g/mol. The van der Waals surface area contributed by atoms with Gasteiger partial charge in [0.15, 0.2) is 0 Å². The van der Waals surface area contributed by atoms with Gasteiger partial charge in [0, 0.05) is 13.3 Å². The highest BCUT2D eigenvalue weighted by Gasteiger charge is 2.59. The Kier molecular flexibility index (Phi) is 5.22. The number of nitrogens with two attached hydrogens (primary N) is 1. The van der Waals surface area contributed by atoms with Crippen molar-refractivity contribution in [3.05, 3.63) is 71.8 Å². The van der Waals surface area contributed by atoms with Crippen molar-refractivity contribution in [1.82, 2.24) is 5.32 Å². The van der Waals surface area contributed by atoms with Crippen LogP contribution in [0.3, 0.4) is 0 Å². The highest BCUT2D eigenvalue weighted by Crippen LogP contribution is 2.49. The summed E-state index contributed by atoms with van der Waals surface area (Å²) in [6, 6.07) is 18.5. The molecule has 1 aliphatic heterocycles. The number of hydrogen-bond acceptors (Lipinski definition) is 4. The monoisotopic (exact) mass is 394 g/mol. The van der Waals surface area contributed by atoms with Gasteiger partial charge in [0.05, 0.1) is 5.54 Å². The fraction of sp³-hybridized carbons (Fsp3) is 0.348. The highest BCUT2D eigenvalue weighted by atomic mass is 16.6. The van der Waals surface area contributed by atoms with Crippen LogP contribution in [0.4, 0.5) is 0 Å². The Bertz CT molecular complexity index is 930. The molecule has 2 aromatic carbocycles. The van der Waals surface area contributed by atoms with Crippen LogP contribution < -0.4 is 11.1 Å². The molecule has 1 aliphatic rings. The fourth-order valence-corrected chi connectivity index (χ4v) is 4.39. The molecular weight excluding hydrogens is 368 g/mol. The molecule has 6 heteroatoms. The standard InChI is InChI=1S/C23H26N2O4/c1-16(26)29-22(3,18-12-8-5-9-13-18)15-23(19(24)27)14-21(2,25-20(23)28)17-10-6-4-7-11-17/h4-13H,14-15H2,1-3H3,(H2,24,27)(H,25,28). The van der Waals surface area contributed by atoms with Gasteiger partial charge in [-0.05, 0) is 31.4 Å². The van der Waals surface area contributed by atoms with E-state index in [-0.39, 0.29) is 12.8 Å². The van der Waals surface area contributed by atoms with Gasteiger partial charge >= 0.3 is 5.97 Å². The Labute approximate surface area is 170 Å². The SMILES string of the molecule is CC(=O)OC(C)(CC1(C(N)=O)CC(C)(c2ccccc2)NC1=O)c1ccccc1. The summed E-state index contributed by atoms with van der Waals surface area (Å²) in [6.07, 6.45) is 0.120. The second-order valence-corrected chi connectivity index (χ2v) is 8.14. The van der Waals surface area contributed by atoms with Crippen LogP contribution in [0, 0.1) is 5.41 Å². The number of ether oxygens (including phenoxy) is 1. The maximum atomic E-state index is 13.2. The van der Waals surface area contributed by atoms with E-state index < -0.39 is 34.3 Å². The minimum Gasteiger partial charge on any atom is -0.455 e. The molecule has 152 valence electrons. The van der Waals surface area contributed by atoms with Gasteiger partial charge < -0.3 is 15.8 Å². The molecule has 3 rings (SSSR count). The van der Waals surface area contributed by atoms with Crippen molar-refractivity contribution in [3.63, 3.8) is 0 Å². The number of carbonyl (C=O) groups is 3. The van der Waals surface area contributed by atoms with Crippen LogP contribution in [-0.4, -0.2) is 17.8 Å². The van der Waals surface area contributed by atoms with Crippen molar-refractivity contribution in [1.29, 1.82) is 0 Å². The molecule has 0 aromatic heterocycles. The number of benzene rings is 2. The largest absolute Gasteiger partial charge is 0.455 e. The van der Waals surface area contributed by atoms with Crippen LogP contribution in [0.25, 0.3) is 0 Å². The maximum absolute atomic E-state index is 13.2. The third kappa shape index (κ3) is 3.75. The minimum atomic E-state index is -1.52. The second-order valence-electron chi connectivity index (χ2n) is 8.14. The molecule has 3 unspecified atom stereocenters. The molecule has 0 spiro atoms. The van der Waals surface area contributed by atoms with E-state index in [0.717, 1.165) is 5.56 Å². The van der Waals surface area contributed by atoms with Crippen molar-refractivity contribution >= 4 is 17.8 Å². The lowest BCUT2D eigenvalue weighted by Crippen LogP contribution is -2.48. The maximum Gasteiger partial charge on any atom is 0.303 e. The summed E-state index contributed by atoms with van der Waals surface area (Å²) in [5.74, 6) is -1.69. The summed E-state index contributed by atoms with van der Waals surface area (Å²) in [5.41, 5.74) is 3.89. The zero-order valence-corrected chi connectivity index (χ0v) is 16.9. The van der Waals surface area contributed by atoms with E-state index in [9.17, 15) is 14.4 Å². The molecule has 2 aromatic rings. The Morgan fingerprint density at radius 3 is 2.17 bits per heavy atom. The van der Waals surface area contributed by atoms with Crippen LogP contribution in [0.5, 0.6) is 0 Å². The summed E-state index contributed by atoms with van der Waals surface area (Å²) in [7, 11) is 0. The molecule has 2 amide bonds. The first kappa shape index (κ1) is 20.6. The van der Waals surface area contributed by atoms with E-state index in [1.165, 1.54) is 6.92 Å². The Morgan fingerprint density at radius 1 is 1.10 bits per heavy atom. The van der Waals surface area contributed by atoms with Gasteiger partial charge in [-0.2, -0.15) is 0 Å². The predicted octanol–water partition coefficient (Wildman–Crippen LogP) is 2.76. The lowest BCUT2D eigenvalue weighted by molar-refractivity contribution is -0.164. The second kappa shape index (κ2) is 7.35. The normalized spacial score (nSPS) is 25.7. The van der Waals surface area contributed by atoms with Crippen molar-refractivity contribution in [3.8, 4) is 0 Å². The molecule has 3 atom stereocenters. The van der Waals surface area contributed by atoms with Gasteiger partial charge in [0.1, 0.15) is 11.0 Å². The van der Waals surface area contributed by atoms with Gasteiger partial charge in [-0.1, -0.05) is 60.7 Å². The average Bonchev–Trinajstić information content (AvgIpc) is 2.94. The number of esters is 1. The van der Waals surface area contributed by atoms with Crippen molar-refractivity contribution in [2.75, 3.05) is 0 Å². The number of nitrogens with one attached hydrogen (secondary N) is 1. The fourth-order valence-electron chi connectivity index (χ4n) is 4.39. The van der Waals surface area contributed by atoms with Crippen LogP contribution in [-0.2, 0) is 30.3 Å². The van der Waals surface area contributed by atoms with Gasteiger partial charge in [0.25, 0.3) is 0 Å². The lowest BCUT2D eigenvalue weighted by atomic mass is 9.70. The molecule has 0 radical (unpaired) electrons. The smallest absolute Gasteiger partial charge is 0.303 e. The first-order valence-electron chi connectivity index (χ1n) is 9.54. The predicted molar refractivity (Wildman–Crippen MR) is 108 cm³/mol.